The second kappa shape index (κ2) is 9.28. The largest absolute Gasteiger partial charge is 0.355 e. The lowest BCUT2D eigenvalue weighted by molar-refractivity contribution is 0.0649. The van der Waals surface area contributed by atoms with E-state index in [0.717, 1.165) is 62.4 Å². The van der Waals surface area contributed by atoms with Crippen molar-refractivity contribution in [3.05, 3.63) is 41.1 Å². The van der Waals surface area contributed by atoms with E-state index in [0.29, 0.717) is 18.1 Å². The molecule has 2 fully saturated rings. The number of hydrogen-bond acceptors (Lipinski definition) is 7. The lowest BCUT2D eigenvalue weighted by atomic mass is 10.0. The average molecular weight is 439 g/mol. The number of carbonyl (C=O) groups excluding carboxylic acids is 1. The van der Waals surface area contributed by atoms with E-state index in [1.807, 2.05) is 37.9 Å². The van der Waals surface area contributed by atoms with Gasteiger partial charge in [0.05, 0.1) is 11.7 Å². The number of amides is 1. The Hall–Kier alpha value is -2.94. The molecule has 9 nitrogen and oxygen atoms in total. The van der Waals surface area contributed by atoms with Crippen molar-refractivity contribution in [3.63, 3.8) is 0 Å². The van der Waals surface area contributed by atoms with Crippen LogP contribution in [0.1, 0.15) is 55.7 Å². The van der Waals surface area contributed by atoms with E-state index < -0.39 is 0 Å². The topological polar surface area (TPSA) is 95.3 Å². The summed E-state index contributed by atoms with van der Waals surface area (Å²) in [5.74, 6) is 1.65. The minimum absolute atomic E-state index is 0.0179. The first-order valence-corrected chi connectivity index (χ1v) is 11.5. The Morgan fingerprint density at radius 3 is 2.81 bits per heavy atom. The number of hydrazone groups is 1. The highest BCUT2D eigenvalue weighted by Gasteiger charge is 2.31. The summed E-state index contributed by atoms with van der Waals surface area (Å²) in [5, 5.41) is 10.3. The highest BCUT2D eigenvalue weighted by atomic mass is 16.2. The molecule has 0 bridgehead atoms. The number of hydrogen-bond donors (Lipinski definition) is 1. The van der Waals surface area contributed by atoms with E-state index in [2.05, 4.69) is 27.9 Å². The maximum Gasteiger partial charge on any atom is 0.272 e. The Morgan fingerprint density at radius 2 is 2.12 bits per heavy atom. The molecular formula is C23H34N8O. The van der Waals surface area contributed by atoms with Crippen LogP contribution in [-0.4, -0.2) is 74.8 Å². The number of carbonyl (C=O) groups is 1. The van der Waals surface area contributed by atoms with Gasteiger partial charge in [-0.15, -0.1) is 0 Å². The van der Waals surface area contributed by atoms with Crippen molar-refractivity contribution >= 4 is 18.5 Å². The maximum atomic E-state index is 13.5. The van der Waals surface area contributed by atoms with Crippen molar-refractivity contribution in [1.29, 1.82) is 0 Å². The van der Waals surface area contributed by atoms with Gasteiger partial charge in [-0.1, -0.05) is 0 Å². The van der Waals surface area contributed by atoms with Crippen molar-refractivity contribution in [1.82, 2.24) is 24.6 Å². The molecule has 1 aromatic rings. The van der Waals surface area contributed by atoms with Gasteiger partial charge in [-0.2, -0.15) is 10.2 Å². The number of likely N-dealkylation sites (tertiary alicyclic amines) is 2. The van der Waals surface area contributed by atoms with Crippen LogP contribution < -0.4 is 5.73 Å². The SMILES string of the molecule is C=NN1C=C(C)C(N2CC[C@H](N)C2)=N/C1=C/C1CCCCN1C(=O)c1cc(C)nn1CC. The molecule has 2 N–H and O–H groups in total. The molecule has 3 aliphatic rings. The molecule has 9 heteroatoms. The van der Waals surface area contributed by atoms with Crippen molar-refractivity contribution in [3.8, 4) is 0 Å². The Labute approximate surface area is 189 Å². The number of nitrogens with two attached hydrogens (primary N) is 1. The maximum absolute atomic E-state index is 13.5. The fraction of sp³-hybridized carbons (Fsp3) is 0.565. The standard InChI is InChI=1S/C23H34N8O/c1-5-30-20(12-17(3)27-30)23(32)29-10-7-6-8-19(29)13-21-26-22(16(2)14-31(21)25-4)28-11-9-18(24)15-28/h12-14,18-19H,4-11,15,24H2,1-3H3/b21-13-/t18-,19?/m0/s1. The van der Waals surface area contributed by atoms with Gasteiger partial charge in [0.15, 0.2) is 5.82 Å². The van der Waals surface area contributed by atoms with Gasteiger partial charge in [0.1, 0.15) is 11.5 Å². The Bertz CT molecular complexity index is 975. The number of nitrogens with zero attached hydrogens (tertiary/aromatic N) is 7. The fourth-order valence-electron chi connectivity index (χ4n) is 4.74. The number of rotatable bonds is 4. The molecule has 172 valence electrons. The molecule has 0 radical (unpaired) electrons. The van der Waals surface area contributed by atoms with Crippen molar-refractivity contribution < 1.29 is 4.79 Å². The average Bonchev–Trinajstić information content (AvgIpc) is 3.39. The first-order chi connectivity index (χ1) is 15.4. The van der Waals surface area contributed by atoms with E-state index in [1.165, 1.54) is 0 Å². The third-order valence-electron chi connectivity index (χ3n) is 6.37. The van der Waals surface area contributed by atoms with E-state index in [1.54, 1.807) is 9.69 Å². The second-order valence-electron chi connectivity index (χ2n) is 8.80. The highest BCUT2D eigenvalue weighted by molar-refractivity contribution is 5.99. The summed E-state index contributed by atoms with van der Waals surface area (Å²) in [6.07, 6.45) is 7.93. The number of aliphatic imine (C=N–C) groups is 1. The van der Waals surface area contributed by atoms with Crippen LogP contribution in [0.3, 0.4) is 0 Å². The molecule has 2 saturated heterocycles. The Morgan fingerprint density at radius 1 is 1.31 bits per heavy atom. The molecule has 0 saturated carbocycles. The second-order valence-corrected chi connectivity index (χ2v) is 8.80. The predicted molar refractivity (Wildman–Crippen MR) is 126 cm³/mol. The zero-order valence-electron chi connectivity index (χ0n) is 19.4. The van der Waals surface area contributed by atoms with E-state index >= 15 is 0 Å². The quantitative estimate of drug-likeness (QED) is 0.728. The smallest absolute Gasteiger partial charge is 0.272 e. The van der Waals surface area contributed by atoms with Crippen LogP contribution in [0.2, 0.25) is 0 Å². The summed E-state index contributed by atoms with van der Waals surface area (Å²) < 4.78 is 1.79. The molecule has 2 atom stereocenters. The minimum Gasteiger partial charge on any atom is -0.355 e. The van der Waals surface area contributed by atoms with Crippen LogP contribution in [0.25, 0.3) is 0 Å². The van der Waals surface area contributed by atoms with Gasteiger partial charge < -0.3 is 15.5 Å². The molecule has 1 aromatic heterocycles. The van der Waals surface area contributed by atoms with Gasteiger partial charge >= 0.3 is 0 Å². The highest BCUT2D eigenvalue weighted by Crippen LogP contribution is 2.27. The van der Waals surface area contributed by atoms with Crippen LogP contribution in [0.15, 0.2) is 39.8 Å². The lowest BCUT2D eigenvalue weighted by Crippen LogP contribution is -2.44. The van der Waals surface area contributed by atoms with E-state index in [4.69, 9.17) is 10.7 Å². The monoisotopic (exact) mass is 438 g/mol. The summed E-state index contributed by atoms with van der Waals surface area (Å²) >= 11 is 0. The van der Waals surface area contributed by atoms with Gasteiger partial charge in [0.2, 0.25) is 0 Å². The summed E-state index contributed by atoms with van der Waals surface area (Å²) in [6, 6.07) is 1.99. The van der Waals surface area contributed by atoms with Gasteiger partial charge in [0, 0.05) is 50.7 Å². The molecule has 32 heavy (non-hydrogen) atoms. The molecule has 4 rings (SSSR count). The van der Waals surface area contributed by atoms with Gasteiger partial charge in [-0.05, 0) is 58.6 Å². The normalized spacial score (nSPS) is 25.2. The van der Waals surface area contributed by atoms with Crippen LogP contribution >= 0.6 is 0 Å². The van der Waals surface area contributed by atoms with Gasteiger partial charge in [-0.3, -0.25) is 9.48 Å². The molecule has 0 aromatic carbocycles. The van der Waals surface area contributed by atoms with Crippen molar-refractivity contribution in [2.45, 2.75) is 65.1 Å². The Balaban J connectivity index is 1.65. The lowest BCUT2D eigenvalue weighted by Gasteiger charge is -2.35. The summed E-state index contributed by atoms with van der Waals surface area (Å²) in [6.45, 7) is 12.8. The van der Waals surface area contributed by atoms with Crippen LogP contribution in [0.4, 0.5) is 0 Å². The number of aryl methyl sites for hydroxylation is 2. The first-order valence-electron chi connectivity index (χ1n) is 11.5. The third kappa shape index (κ3) is 4.34. The molecule has 3 aliphatic heterocycles. The van der Waals surface area contributed by atoms with Gasteiger partial charge in [-0.25, -0.2) is 10.0 Å². The third-order valence-corrected chi connectivity index (χ3v) is 6.37. The van der Waals surface area contributed by atoms with Gasteiger partial charge in [0.25, 0.3) is 5.91 Å². The van der Waals surface area contributed by atoms with E-state index in [9.17, 15) is 4.79 Å². The van der Waals surface area contributed by atoms with E-state index in [-0.39, 0.29) is 18.0 Å². The molecule has 4 heterocycles. The summed E-state index contributed by atoms with van der Waals surface area (Å²) in [5.41, 5.74) is 8.65. The summed E-state index contributed by atoms with van der Waals surface area (Å²) in [7, 11) is 0. The number of amidine groups is 1. The zero-order chi connectivity index (χ0) is 22.8. The number of aromatic nitrogens is 2. The molecule has 0 aliphatic carbocycles. The molecular weight excluding hydrogens is 404 g/mol. The fourth-order valence-corrected chi connectivity index (χ4v) is 4.74. The minimum atomic E-state index is -0.0614. The zero-order valence-corrected chi connectivity index (χ0v) is 19.4. The summed E-state index contributed by atoms with van der Waals surface area (Å²) in [4.78, 5) is 22.6. The van der Waals surface area contributed by atoms with Crippen LogP contribution in [0.5, 0.6) is 0 Å². The van der Waals surface area contributed by atoms with Crippen molar-refractivity contribution in [2.75, 3.05) is 19.6 Å². The predicted octanol–water partition coefficient (Wildman–Crippen LogP) is 2.31. The molecule has 1 amide bonds. The number of piperidine rings is 1. The van der Waals surface area contributed by atoms with Crippen LogP contribution in [-0.2, 0) is 6.54 Å². The van der Waals surface area contributed by atoms with Crippen molar-refractivity contribution in [2.24, 2.45) is 15.8 Å². The Kier molecular flexibility index (Phi) is 6.45. The molecule has 1 unspecified atom stereocenters. The molecule has 0 spiro atoms. The first kappa shape index (κ1) is 22.3. The van der Waals surface area contributed by atoms with Crippen LogP contribution in [0, 0.1) is 6.92 Å².